The van der Waals surface area contributed by atoms with E-state index in [0.717, 1.165) is 25.7 Å². The number of carbonyl (C=O) groups excluding carboxylic acids is 1. The van der Waals surface area contributed by atoms with Gasteiger partial charge in [0.25, 0.3) is 0 Å². The topological polar surface area (TPSA) is 46.5 Å². The van der Waals surface area contributed by atoms with Gasteiger partial charge in [0.2, 0.25) is 0 Å². The van der Waals surface area contributed by atoms with Crippen LogP contribution in [0.15, 0.2) is 0 Å². The Kier molecular flexibility index (Phi) is 4.14. The molecule has 3 unspecified atom stereocenters. The smallest absolute Gasteiger partial charge is 0.308 e. The Bertz CT molecular complexity index is 223. The first-order valence-corrected chi connectivity index (χ1v) is 5.87. The fourth-order valence-electron chi connectivity index (χ4n) is 1.95. The molecule has 0 saturated heterocycles. The number of hydrogen-bond donors (Lipinski definition) is 1. The summed E-state index contributed by atoms with van der Waals surface area (Å²) >= 11 is 0. The van der Waals surface area contributed by atoms with Gasteiger partial charge >= 0.3 is 5.97 Å². The lowest BCUT2D eigenvalue weighted by atomic mass is 9.84. The molecule has 0 spiro atoms. The molecule has 1 rings (SSSR count). The van der Waals surface area contributed by atoms with Crippen molar-refractivity contribution in [2.24, 2.45) is 5.92 Å². The minimum Gasteiger partial charge on any atom is -0.462 e. The minimum atomic E-state index is -0.654. The molecule has 1 fully saturated rings. The Morgan fingerprint density at radius 2 is 2.33 bits per heavy atom. The summed E-state index contributed by atoms with van der Waals surface area (Å²) in [5.41, 5.74) is -0.654. The number of esters is 1. The normalized spacial score (nSPS) is 33.5. The molecule has 3 nitrogen and oxygen atoms in total. The lowest BCUT2D eigenvalue weighted by Crippen LogP contribution is -2.37. The quantitative estimate of drug-likeness (QED) is 0.733. The average molecular weight is 214 g/mol. The Morgan fingerprint density at radius 3 is 2.87 bits per heavy atom. The molecular weight excluding hydrogens is 192 g/mol. The molecule has 0 aromatic rings. The number of rotatable bonds is 3. The van der Waals surface area contributed by atoms with Gasteiger partial charge in [-0.3, -0.25) is 4.79 Å². The monoisotopic (exact) mass is 214 g/mol. The SMILES string of the molecule is CCC(C)C(=O)OC1CCCC(C)(O)C1. The van der Waals surface area contributed by atoms with Crippen LogP contribution in [0.25, 0.3) is 0 Å². The van der Waals surface area contributed by atoms with Gasteiger partial charge in [0.1, 0.15) is 6.10 Å². The summed E-state index contributed by atoms with van der Waals surface area (Å²) in [5, 5.41) is 9.86. The van der Waals surface area contributed by atoms with E-state index in [1.807, 2.05) is 20.8 Å². The fraction of sp³-hybridized carbons (Fsp3) is 0.917. The van der Waals surface area contributed by atoms with Crippen molar-refractivity contribution in [1.29, 1.82) is 0 Å². The van der Waals surface area contributed by atoms with E-state index < -0.39 is 5.60 Å². The first-order valence-electron chi connectivity index (χ1n) is 5.87. The Hall–Kier alpha value is -0.570. The predicted molar refractivity (Wildman–Crippen MR) is 58.4 cm³/mol. The van der Waals surface area contributed by atoms with E-state index in [-0.39, 0.29) is 18.0 Å². The van der Waals surface area contributed by atoms with Gasteiger partial charge in [-0.05, 0) is 32.6 Å². The minimum absolute atomic E-state index is 0.0307. The van der Waals surface area contributed by atoms with E-state index in [1.165, 1.54) is 0 Å². The van der Waals surface area contributed by atoms with Crippen molar-refractivity contribution in [2.75, 3.05) is 0 Å². The summed E-state index contributed by atoms with van der Waals surface area (Å²) in [4.78, 5) is 11.5. The summed E-state index contributed by atoms with van der Waals surface area (Å²) in [6.45, 7) is 5.67. The van der Waals surface area contributed by atoms with Crippen LogP contribution in [0.5, 0.6) is 0 Å². The molecule has 0 radical (unpaired) electrons. The number of aliphatic hydroxyl groups is 1. The van der Waals surface area contributed by atoms with E-state index in [0.29, 0.717) is 6.42 Å². The van der Waals surface area contributed by atoms with E-state index >= 15 is 0 Å². The van der Waals surface area contributed by atoms with Crippen molar-refractivity contribution < 1.29 is 14.6 Å². The largest absolute Gasteiger partial charge is 0.462 e. The molecule has 0 aromatic carbocycles. The second-order valence-corrected chi connectivity index (χ2v) is 4.96. The first-order chi connectivity index (χ1) is 6.94. The zero-order valence-electron chi connectivity index (χ0n) is 9.95. The highest BCUT2D eigenvalue weighted by atomic mass is 16.5. The van der Waals surface area contributed by atoms with Crippen LogP contribution in [-0.2, 0) is 9.53 Å². The molecule has 0 heterocycles. The lowest BCUT2D eigenvalue weighted by molar-refractivity contribution is -0.159. The summed E-state index contributed by atoms with van der Waals surface area (Å²) in [6.07, 6.45) is 3.93. The maximum absolute atomic E-state index is 11.5. The van der Waals surface area contributed by atoms with Gasteiger partial charge in [-0.15, -0.1) is 0 Å². The maximum atomic E-state index is 11.5. The highest BCUT2D eigenvalue weighted by Gasteiger charge is 2.32. The summed E-state index contributed by atoms with van der Waals surface area (Å²) in [5.74, 6) is -0.155. The highest BCUT2D eigenvalue weighted by molar-refractivity contribution is 5.72. The molecule has 15 heavy (non-hydrogen) atoms. The lowest BCUT2D eigenvalue weighted by Gasteiger charge is -2.33. The molecule has 0 amide bonds. The molecule has 0 aromatic heterocycles. The second kappa shape index (κ2) is 4.97. The summed E-state index contributed by atoms with van der Waals surface area (Å²) in [6, 6.07) is 0. The first kappa shape index (κ1) is 12.5. The van der Waals surface area contributed by atoms with Gasteiger partial charge in [0.05, 0.1) is 11.5 Å². The van der Waals surface area contributed by atoms with Gasteiger partial charge in [-0.1, -0.05) is 13.8 Å². The van der Waals surface area contributed by atoms with Crippen molar-refractivity contribution >= 4 is 5.97 Å². The molecule has 3 atom stereocenters. The second-order valence-electron chi connectivity index (χ2n) is 4.96. The number of hydrogen-bond acceptors (Lipinski definition) is 3. The molecule has 0 aliphatic heterocycles. The van der Waals surface area contributed by atoms with Gasteiger partial charge < -0.3 is 9.84 Å². The van der Waals surface area contributed by atoms with Crippen LogP contribution in [0, 0.1) is 5.92 Å². The van der Waals surface area contributed by atoms with Crippen molar-refractivity contribution in [3.63, 3.8) is 0 Å². The highest BCUT2D eigenvalue weighted by Crippen LogP contribution is 2.30. The van der Waals surface area contributed by atoms with Crippen LogP contribution >= 0.6 is 0 Å². The number of ether oxygens (including phenoxy) is 1. The molecule has 88 valence electrons. The van der Waals surface area contributed by atoms with Crippen LogP contribution in [-0.4, -0.2) is 22.8 Å². The van der Waals surface area contributed by atoms with Crippen LogP contribution in [0.2, 0.25) is 0 Å². The van der Waals surface area contributed by atoms with Crippen LogP contribution in [0.4, 0.5) is 0 Å². The van der Waals surface area contributed by atoms with Crippen LogP contribution in [0.1, 0.15) is 52.9 Å². The maximum Gasteiger partial charge on any atom is 0.308 e. The van der Waals surface area contributed by atoms with Crippen LogP contribution in [0.3, 0.4) is 0 Å². The average Bonchev–Trinajstić information content (AvgIpc) is 2.14. The van der Waals surface area contributed by atoms with Crippen LogP contribution < -0.4 is 0 Å². The molecular formula is C12H22O3. The van der Waals surface area contributed by atoms with Gasteiger partial charge in [-0.2, -0.15) is 0 Å². The van der Waals surface area contributed by atoms with Gasteiger partial charge in [0, 0.05) is 6.42 Å². The summed E-state index contributed by atoms with van der Waals surface area (Å²) in [7, 11) is 0. The molecule has 3 heteroatoms. The van der Waals surface area contributed by atoms with E-state index in [4.69, 9.17) is 4.74 Å². The van der Waals surface area contributed by atoms with Crippen molar-refractivity contribution in [1.82, 2.24) is 0 Å². The predicted octanol–water partition coefficient (Wildman–Crippen LogP) is 2.27. The van der Waals surface area contributed by atoms with Crippen molar-refractivity contribution in [3.05, 3.63) is 0 Å². The number of carbonyl (C=O) groups is 1. The van der Waals surface area contributed by atoms with E-state index in [2.05, 4.69) is 0 Å². The van der Waals surface area contributed by atoms with Gasteiger partial charge in [0.15, 0.2) is 0 Å². The van der Waals surface area contributed by atoms with E-state index in [1.54, 1.807) is 0 Å². The summed E-state index contributed by atoms with van der Waals surface area (Å²) < 4.78 is 5.38. The van der Waals surface area contributed by atoms with E-state index in [9.17, 15) is 9.90 Å². The third kappa shape index (κ3) is 3.82. The third-order valence-electron chi connectivity index (χ3n) is 3.21. The molecule has 1 N–H and O–H groups in total. The third-order valence-corrected chi connectivity index (χ3v) is 3.21. The Balaban J connectivity index is 2.41. The zero-order chi connectivity index (χ0) is 11.5. The van der Waals surface area contributed by atoms with Crippen molar-refractivity contribution in [2.45, 2.75) is 64.6 Å². The molecule has 0 bridgehead atoms. The van der Waals surface area contributed by atoms with Crippen molar-refractivity contribution in [3.8, 4) is 0 Å². The molecule has 1 aliphatic carbocycles. The Labute approximate surface area is 91.8 Å². The fourth-order valence-corrected chi connectivity index (χ4v) is 1.95. The zero-order valence-corrected chi connectivity index (χ0v) is 9.95. The van der Waals surface area contributed by atoms with Gasteiger partial charge in [-0.25, -0.2) is 0 Å². The molecule has 1 saturated carbocycles. The standard InChI is InChI=1S/C12H22O3/c1-4-9(2)11(13)15-10-6-5-7-12(3,14)8-10/h9-10,14H,4-8H2,1-3H3. The Morgan fingerprint density at radius 1 is 1.67 bits per heavy atom. The molecule has 1 aliphatic rings.